The third-order valence-electron chi connectivity index (χ3n) is 6.97. The maximum Gasteiger partial charge on any atom is 0.459 e. The molecule has 0 saturated carbocycles. The Kier molecular flexibility index (Phi) is 9.96. The highest BCUT2D eigenvalue weighted by atomic mass is 31.2. The fourth-order valence-corrected chi connectivity index (χ4v) is 8.04. The van der Waals surface area contributed by atoms with Gasteiger partial charge in [0.2, 0.25) is 0 Å². The number of para-hydroxylation sites is 1. The summed E-state index contributed by atoms with van der Waals surface area (Å²) in [7, 11) is -5.99. The van der Waals surface area contributed by atoms with Crippen LogP contribution in [0.2, 0.25) is 0 Å². The van der Waals surface area contributed by atoms with Crippen LogP contribution < -0.4 is 14.9 Å². The van der Waals surface area contributed by atoms with E-state index in [1.807, 2.05) is 0 Å². The van der Waals surface area contributed by atoms with Crippen molar-refractivity contribution in [3.05, 3.63) is 54.4 Å². The Morgan fingerprint density at radius 1 is 1.20 bits per heavy atom. The van der Waals surface area contributed by atoms with Crippen LogP contribution in [-0.2, 0) is 32.4 Å². The number of urea groups is 1. The Morgan fingerprint density at radius 3 is 2.52 bits per heavy atom. The van der Waals surface area contributed by atoms with Crippen LogP contribution >= 0.6 is 15.4 Å². The van der Waals surface area contributed by atoms with E-state index in [0.29, 0.717) is 5.57 Å². The summed E-state index contributed by atoms with van der Waals surface area (Å²) in [5.74, 6) is 5.26. The smallest absolute Gasteiger partial charge is 0.459 e. The standard InChI is InChI=1S/C27H35N5O10P2/c1-19-21(8-7-15-39-44(37,30-11-12-30)31-13-14-31)17-32(27(35)28-19)25-16-23(33)24(41-25)18-40-43(36,29-20(2)26(34)38-3)42-22-9-5-4-6-10-22/h4-6,9-10,17,20,23-25,33H,1,11-16,18H2,2-3H3,(H,28,35)(H,29,36)/t20-,23-,24?,25?,43?/m0/s1. The van der Waals surface area contributed by atoms with Gasteiger partial charge < -0.3 is 24.4 Å². The third kappa shape index (κ3) is 7.79. The molecule has 0 bridgehead atoms. The molecule has 0 aliphatic carbocycles. The highest BCUT2D eigenvalue weighted by Gasteiger charge is 2.49. The number of hydrogen-bond donors (Lipinski definition) is 3. The molecule has 238 valence electrons. The Morgan fingerprint density at radius 2 is 1.89 bits per heavy atom. The van der Waals surface area contributed by atoms with Crippen molar-refractivity contribution in [2.24, 2.45) is 0 Å². The molecule has 0 aromatic heterocycles. The predicted octanol–water partition coefficient (Wildman–Crippen LogP) is 2.00. The molecular weight excluding hydrogens is 616 g/mol. The van der Waals surface area contributed by atoms with Crippen LogP contribution in [0.4, 0.5) is 4.79 Å². The Bertz CT molecular complexity index is 1440. The first kappa shape index (κ1) is 32.4. The van der Waals surface area contributed by atoms with E-state index in [9.17, 15) is 23.8 Å². The van der Waals surface area contributed by atoms with Crippen LogP contribution in [0.1, 0.15) is 13.3 Å². The molecule has 4 heterocycles. The Hall–Kier alpha value is -3.02. The normalized spacial score (nSPS) is 25.7. The van der Waals surface area contributed by atoms with Crippen LogP contribution in [0.25, 0.3) is 0 Å². The van der Waals surface area contributed by atoms with E-state index >= 15 is 0 Å². The van der Waals surface area contributed by atoms with E-state index in [1.165, 1.54) is 25.1 Å². The molecule has 5 atom stereocenters. The second-order valence-electron chi connectivity index (χ2n) is 10.3. The zero-order chi connectivity index (χ0) is 31.5. The van der Waals surface area contributed by atoms with Crippen LogP contribution in [0, 0.1) is 11.8 Å². The number of nitrogens with one attached hydrogen (secondary N) is 2. The number of hydrogen-bond acceptors (Lipinski definition) is 10. The topological polar surface area (TPSA) is 168 Å². The molecule has 1 aromatic rings. The fraction of sp³-hybridized carbons (Fsp3) is 0.481. The van der Waals surface area contributed by atoms with Gasteiger partial charge in [0.25, 0.3) is 0 Å². The van der Waals surface area contributed by atoms with Crippen molar-refractivity contribution in [3.8, 4) is 17.6 Å². The van der Waals surface area contributed by atoms with E-state index in [0.717, 1.165) is 26.2 Å². The first-order valence-electron chi connectivity index (χ1n) is 13.9. The zero-order valence-corrected chi connectivity index (χ0v) is 26.1. The molecule has 0 radical (unpaired) electrons. The van der Waals surface area contributed by atoms with Gasteiger partial charge in [-0.25, -0.2) is 18.7 Å². The number of ether oxygens (including phenoxy) is 2. The van der Waals surface area contributed by atoms with Gasteiger partial charge in [-0.2, -0.15) is 5.09 Å². The van der Waals surface area contributed by atoms with Crippen molar-refractivity contribution in [2.75, 3.05) is 46.5 Å². The minimum Gasteiger partial charge on any atom is -0.468 e. The number of methoxy groups -OCH3 is 1. The van der Waals surface area contributed by atoms with Crippen LogP contribution in [0.3, 0.4) is 0 Å². The van der Waals surface area contributed by atoms with E-state index in [-0.39, 0.29) is 24.5 Å². The highest BCUT2D eigenvalue weighted by molar-refractivity contribution is 7.54. The number of amides is 2. The molecule has 44 heavy (non-hydrogen) atoms. The van der Waals surface area contributed by atoms with Crippen molar-refractivity contribution >= 4 is 27.4 Å². The molecule has 17 heteroatoms. The molecule has 4 aliphatic heterocycles. The van der Waals surface area contributed by atoms with Gasteiger partial charge in [0.05, 0.1) is 31.1 Å². The van der Waals surface area contributed by atoms with Crippen molar-refractivity contribution in [1.29, 1.82) is 0 Å². The molecule has 3 fully saturated rings. The lowest BCUT2D eigenvalue weighted by Crippen LogP contribution is -2.46. The minimum absolute atomic E-state index is 0.0128. The van der Waals surface area contributed by atoms with Gasteiger partial charge >= 0.3 is 27.4 Å². The maximum absolute atomic E-state index is 13.6. The lowest BCUT2D eigenvalue weighted by atomic mass is 10.1. The van der Waals surface area contributed by atoms with E-state index in [1.54, 1.807) is 39.7 Å². The highest BCUT2D eigenvalue weighted by Crippen LogP contribution is 2.60. The first-order valence-corrected chi connectivity index (χ1v) is 17.0. The third-order valence-corrected chi connectivity index (χ3v) is 11.3. The van der Waals surface area contributed by atoms with E-state index in [4.69, 9.17) is 23.0 Å². The first-order chi connectivity index (χ1) is 21.0. The number of aliphatic hydroxyl groups is 1. The van der Waals surface area contributed by atoms with Crippen molar-refractivity contribution in [2.45, 2.75) is 37.8 Å². The summed E-state index contributed by atoms with van der Waals surface area (Å²) in [6.07, 6.45) is -1.55. The Balaban J connectivity index is 1.22. The molecule has 4 aliphatic rings. The molecule has 1 aromatic carbocycles. The van der Waals surface area contributed by atoms with E-state index in [2.05, 4.69) is 28.8 Å². The van der Waals surface area contributed by atoms with Gasteiger partial charge in [-0.3, -0.25) is 23.3 Å². The van der Waals surface area contributed by atoms with Crippen molar-refractivity contribution in [3.63, 3.8) is 0 Å². The van der Waals surface area contributed by atoms with Gasteiger partial charge in [0, 0.05) is 38.8 Å². The van der Waals surface area contributed by atoms with Gasteiger partial charge in [-0.05, 0) is 19.1 Å². The summed E-state index contributed by atoms with van der Waals surface area (Å²) in [6, 6.07) is 6.63. The van der Waals surface area contributed by atoms with Gasteiger partial charge in [0.1, 0.15) is 30.7 Å². The second-order valence-corrected chi connectivity index (χ2v) is 14.4. The summed E-state index contributed by atoms with van der Waals surface area (Å²) >= 11 is 0. The maximum atomic E-state index is 13.6. The largest absolute Gasteiger partial charge is 0.468 e. The molecular formula is C27H35N5O10P2. The molecule has 3 N–H and O–H groups in total. The zero-order valence-electron chi connectivity index (χ0n) is 24.3. The average molecular weight is 652 g/mol. The summed E-state index contributed by atoms with van der Waals surface area (Å²) in [5.41, 5.74) is 0.642. The summed E-state index contributed by atoms with van der Waals surface area (Å²) < 4.78 is 57.7. The SMILES string of the molecule is C=C1NC(=O)N(C2C[C@H](O)C(COP(=O)(N[C@@H](C)C(=O)OC)Oc3ccccc3)O2)C=C1C#CCOP(=O)(N1CC1)N1CC1. The number of aliphatic hydroxyl groups excluding tert-OH is 1. The summed E-state index contributed by atoms with van der Waals surface area (Å²) in [4.78, 5) is 26.0. The fourth-order valence-electron chi connectivity index (χ4n) is 4.43. The molecule has 15 nitrogen and oxygen atoms in total. The molecule has 3 saturated heterocycles. The van der Waals surface area contributed by atoms with Gasteiger partial charge in [-0.15, -0.1) is 0 Å². The van der Waals surface area contributed by atoms with Crippen LogP contribution in [0.5, 0.6) is 5.75 Å². The predicted molar refractivity (Wildman–Crippen MR) is 157 cm³/mol. The number of benzene rings is 1. The number of carbonyl (C=O) groups is 2. The number of esters is 1. The van der Waals surface area contributed by atoms with Gasteiger partial charge in [-0.1, -0.05) is 36.6 Å². The minimum atomic E-state index is -4.17. The molecule has 3 unspecified atom stereocenters. The van der Waals surface area contributed by atoms with Crippen LogP contribution in [0.15, 0.2) is 54.4 Å². The summed E-state index contributed by atoms with van der Waals surface area (Å²) in [5, 5.41) is 15.9. The van der Waals surface area contributed by atoms with Crippen LogP contribution in [-0.4, -0.2) is 102 Å². The molecule has 2 amide bonds. The average Bonchev–Trinajstić information content (AvgIpc) is 3.92. The lowest BCUT2D eigenvalue weighted by Gasteiger charge is -2.30. The van der Waals surface area contributed by atoms with Crippen molar-refractivity contribution in [1.82, 2.24) is 24.6 Å². The lowest BCUT2D eigenvalue weighted by molar-refractivity contribution is -0.142. The molecule has 0 spiro atoms. The number of carbonyl (C=O) groups excluding carboxylic acids is 2. The number of rotatable bonds is 13. The second kappa shape index (κ2) is 13.5. The van der Waals surface area contributed by atoms with Gasteiger partial charge in [0.15, 0.2) is 0 Å². The number of allylic oxidation sites excluding steroid dienone is 1. The molecule has 5 rings (SSSR count). The quantitative estimate of drug-likeness (QED) is 0.123. The Labute approximate surface area is 255 Å². The number of nitrogens with zero attached hydrogens (tertiary/aromatic N) is 3. The monoisotopic (exact) mass is 651 g/mol. The van der Waals surface area contributed by atoms with E-state index < -0.39 is 58.5 Å². The van der Waals surface area contributed by atoms with Crippen molar-refractivity contribution < 1.29 is 46.9 Å². The summed E-state index contributed by atoms with van der Waals surface area (Å²) in [6.45, 7) is 7.71.